The highest BCUT2D eigenvalue weighted by Crippen LogP contribution is 2.27. The first-order valence-electron chi connectivity index (χ1n) is 6.21. The first-order chi connectivity index (χ1) is 7.66. The summed E-state index contributed by atoms with van der Waals surface area (Å²) in [6, 6.07) is 0. The lowest BCUT2D eigenvalue weighted by atomic mass is 9.85. The predicted octanol–water partition coefficient (Wildman–Crippen LogP) is 2.21. The molecule has 0 aromatic rings. The first kappa shape index (κ1) is 13.8. The van der Waals surface area contributed by atoms with Gasteiger partial charge in [-0.2, -0.15) is 0 Å². The Labute approximate surface area is 103 Å². The van der Waals surface area contributed by atoms with Crippen LogP contribution in [0.2, 0.25) is 0 Å². The predicted molar refractivity (Wildman–Crippen MR) is 65.6 cm³/mol. The fourth-order valence-electron chi connectivity index (χ4n) is 2.12. The Morgan fingerprint density at radius 2 is 1.94 bits per heavy atom. The van der Waals surface area contributed by atoms with Crippen LogP contribution in [0, 0.1) is 0 Å². The summed E-state index contributed by atoms with van der Waals surface area (Å²) in [7, 11) is 0. The summed E-state index contributed by atoms with van der Waals surface area (Å²) >= 11 is 5.53. The zero-order valence-corrected chi connectivity index (χ0v) is 10.6. The van der Waals surface area contributed by atoms with E-state index in [0.29, 0.717) is 18.8 Å². The molecule has 1 aliphatic rings. The number of hydrogen-bond acceptors (Lipinski definition) is 2. The van der Waals surface area contributed by atoms with Crippen LogP contribution in [0.1, 0.15) is 51.4 Å². The van der Waals surface area contributed by atoms with E-state index >= 15 is 0 Å². The summed E-state index contributed by atoms with van der Waals surface area (Å²) in [5.74, 6) is 0.640. The average Bonchev–Trinajstić information content (AvgIpc) is 2.28. The molecule has 1 saturated carbocycles. The SMILES string of the molecule is O=C(CCCCCl)NCC1(O)CCCCC1. The van der Waals surface area contributed by atoms with E-state index in [0.717, 1.165) is 38.5 Å². The topological polar surface area (TPSA) is 49.3 Å². The van der Waals surface area contributed by atoms with E-state index in [2.05, 4.69) is 5.32 Å². The maximum atomic E-state index is 11.4. The van der Waals surface area contributed by atoms with Crippen molar-refractivity contribution in [1.82, 2.24) is 5.32 Å². The van der Waals surface area contributed by atoms with Crippen LogP contribution in [0.4, 0.5) is 0 Å². The number of halogens is 1. The molecule has 0 bridgehead atoms. The van der Waals surface area contributed by atoms with Crippen LogP contribution < -0.4 is 5.32 Å². The molecule has 0 atom stereocenters. The van der Waals surface area contributed by atoms with Crippen molar-refractivity contribution >= 4 is 17.5 Å². The highest BCUT2D eigenvalue weighted by atomic mass is 35.5. The van der Waals surface area contributed by atoms with Crippen LogP contribution in [0.25, 0.3) is 0 Å². The third kappa shape index (κ3) is 5.17. The number of aliphatic hydroxyl groups is 1. The zero-order valence-electron chi connectivity index (χ0n) is 9.80. The molecule has 0 aliphatic heterocycles. The molecular weight excluding hydrogens is 226 g/mol. The Morgan fingerprint density at radius 1 is 1.25 bits per heavy atom. The van der Waals surface area contributed by atoms with E-state index in [1.807, 2.05) is 0 Å². The van der Waals surface area contributed by atoms with Gasteiger partial charge in [-0.3, -0.25) is 4.79 Å². The van der Waals surface area contributed by atoms with Crippen LogP contribution in [0.15, 0.2) is 0 Å². The third-order valence-electron chi connectivity index (χ3n) is 3.19. The second-order valence-corrected chi connectivity index (χ2v) is 5.09. The lowest BCUT2D eigenvalue weighted by Crippen LogP contribution is -2.44. The molecule has 0 aromatic carbocycles. The largest absolute Gasteiger partial charge is 0.388 e. The maximum Gasteiger partial charge on any atom is 0.220 e. The minimum atomic E-state index is -0.652. The van der Waals surface area contributed by atoms with Gasteiger partial charge < -0.3 is 10.4 Å². The summed E-state index contributed by atoms with van der Waals surface area (Å²) in [6.07, 6.45) is 7.18. The minimum Gasteiger partial charge on any atom is -0.388 e. The number of alkyl halides is 1. The smallest absolute Gasteiger partial charge is 0.220 e. The molecule has 0 saturated heterocycles. The summed E-state index contributed by atoms with van der Waals surface area (Å²) in [6.45, 7) is 0.409. The minimum absolute atomic E-state index is 0.0316. The van der Waals surface area contributed by atoms with E-state index < -0.39 is 5.60 Å². The van der Waals surface area contributed by atoms with E-state index in [1.165, 1.54) is 6.42 Å². The molecule has 0 radical (unpaired) electrons. The van der Waals surface area contributed by atoms with Crippen LogP contribution in [0.3, 0.4) is 0 Å². The monoisotopic (exact) mass is 247 g/mol. The van der Waals surface area contributed by atoms with Crippen LogP contribution in [-0.4, -0.2) is 29.0 Å². The van der Waals surface area contributed by atoms with Crippen molar-refractivity contribution in [2.75, 3.05) is 12.4 Å². The van der Waals surface area contributed by atoms with Crippen LogP contribution in [-0.2, 0) is 4.79 Å². The molecule has 0 spiro atoms. The van der Waals surface area contributed by atoms with Gasteiger partial charge >= 0.3 is 0 Å². The number of hydrogen-bond donors (Lipinski definition) is 2. The Kier molecular flexibility index (Phi) is 6.14. The molecule has 1 aliphatic carbocycles. The van der Waals surface area contributed by atoms with Crippen LogP contribution >= 0.6 is 11.6 Å². The van der Waals surface area contributed by atoms with Gasteiger partial charge in [0.2, 0.25) is 5.91 Å². The summed E-state index contributed by atoms with van der Waals surface area (Å²) in [5, 5.41) is 13.0. The lowest BCUT2D eigenvalue weighted by molar-refractivity contribution is -0.122. The Balaban J connectivity index is 2.14. The van der Waals surface area contributed by atoms with E-state index in [1.54, 1.807) is 0 Å². The highest BCUT2D eigenvalue weighted by molar-refractivity contribution is 6.17. The fourth-order valence-corrected chi connectivity index (χ4v) is 2.31. The molecule has 0 aromatic heterocycles. The van der Waals surface area contributed by atoms with Crippen LogP contribution in [0.5, 0.6) is 0 Å². The Morgan fingerprint density at radius 3 is 2.56 bits per heavy atom. The molecule has 1 fully saturated rings. The van der Waals surface area contributed by atoms with Gasteiger partial charge in [-0.15, -0.1) is 11.6 Å². The second kappa shape index (κ2) is 7.13. The number of rotatable bonds is 6. The molecule has 3 nitrogen and oxygen atoms in total. The van der Waals surface area contributed by atoms with Crippen molar-refractivity contribution in [1.29, 1.82) is 0 Å². The molecule has 16 heavy (non-hydrogen) atoms. The Hall–Kier alpha value is -0.280. The maximum absolute atomic E-state index is 11.4. The normalized spacial score (nSPS) is 19.4. The molecule has 0 heterocycles. The van der Waals surface area contributed by atoms with Crippen molar-refractivity contribution in [2.45, 2.75) is 57.0 Å². The van der Waals surface area contributed by atoms with Gasteiger partial charge in [-0.05, 0) is 25.7 Å². The van der Waals surface area contributed by atoms with Gasteiger partial charge in [0.1, 0.15) is 0 Å². The van der Waals surface area contributed by atoms with E-state index in [4.69, 9.17) is 11.6 Å². The average molecular weight is 248 g/mol. The number of nitrogens with one attached hydrogen (secondary N) is 1. The number of unbranched alkanes of at least 4 members (excludes halogenated alkanes) is 1. The molecule has 94 valence electrons. The van der Waals surface area contributed by atoms with Gasteiger partial charge in [-0.25, -0.2) is 0 Å². The molecule has 2 N–H and O–H groups in total. The first-order valence-corrected chi connectivity index (χ1v) is 6.75. The lowest BCUT2D eigenvalue weighted by Gasteiger charge is -2.32. The van der Waals surface area contributed by atoms with Gasteiger partial charge in [0.25, 0.3) is 0 Å². The van der Waals surface area contributed by atoms with Crippen molar-refractivity contribution < 1.29 is 9.90 Å². The Bertz CT molecular complexity index is 215. The molecular formula is C12H22ClNO2. The summed E-state index contributed by atoms with van der Waals surface area (Å²) in [4.78, 5) is 11.4. The molecule has 1 amide bonds. The van der Waals surface area contributed by atoms with Crippen molar-refractivity contribution in [3.63, 3.8) is 0 Å². The van der Waals surface area contributed by atoms with Gasteiger partial charge in [-0.1, -0.05) is 19.3 Å². The molecule has 1 rings (SSSR count). The number of carbonyl (C=O) groups is 1. The summed E-state index contributed by atoms with van der Waals surface area (Å²) in [5.41, 5.74) is -0.652. The highest BCUT2D eigenvalue weighted by Gasteiger charge is 2.29. The standard InChI is InChI=1S/C12H22ClNO2/c13-9-5-2-6-11(15)14-10-12(16)7-3-1-4-8-12/h16H,1-10H2,(H,14,15). The van der Waals surface area contributed by atoms with Crippen molar-refractivity contribution in [3.05, 3.63) is 0 Å². The van der Waals surface area contributed by atoms with Gasteiger partial charge in [0.15, 0.2) is 0 Å². The van der Waals surface area contributed by atoms with Gasteiger partial charge in [0, 0.05) is 18.8 Å². The molecule has 4 heteroatoms. The van der Waals surface area contributed by atoms with E-state index in [9.17, 15) is 9.90 Å². The van der Waals surface area contributed by atoms with Crippen molar-refractivity contribution in [3.8, 4) is 0 Å². The third-order valence-corrected chi connectivity index (χ3v) is 3.45. The number of carbonyl (C=O) groups excluding carboxylic acids is 1. The second-order valence-electron chi connectivity index (χ2n) is 4.71. The summed E-state index contributed by atoms with van der Waals surface area (Å²) < 4.78 is 0. The van der Waals surface area contributed by atoms with E-state index in [-0.39, 0.29) is 5.91 Å². The van der Waals surface area contributed by atoms with Crippen molar-refractivity contribution in [2.24, 2.45) is 0 Å². The zero-order chi connectivity index (χ0) is 11.9. The quantitative estimate of drug-likeness (QED) is 0.559. The van der Waals surface area contributed by atoms with Gasteiger partial charge in [0.05, 0.1) is 5.60 Å². The number of amides is 1. The molecule has 0 unspecified atom stereocenters. The fraction of sp³-hybridized carbons (Fsp3) is 0.917.